The first-order valence-electron chi connectivity index (χ1n) is 8.62. The van der Waals surface area contributed by atoms with Crippen LogP contribution in [0.15, 0.2) is 53.4 Å². The fraction of sp³-hybridized carbons (Fsp3) is 0.300. The van der Waals surface area contributed by atoms with Gasteiger partial charge in [-0.25, -0.2) is 0 Å². The third kappa shape index (κ3) is 4.79. The third-order valence-corrected chi connectivity index (χ3v) is 5.10. The second-order valence-electron chi connectivity index (χ2n) is 6.07. The molecule has 5 nitrogen and oxygen atoms in total. The van der Waals surface area contributed by atoms with E-state index in [1.807, 2.05) is 55.5 Å². The summed E-state index contributed by atoms with van der Waals surface area (Å²) < 4.78 is 5.61. The highest BCUT2D eigenvalue weighted by Crippen LogP contribution is 2.34. The first-order valence-corrected chi connectivity index (χ1v) is 9.60. The van der Waals surface area contributed by atoms with Crippen molar-refractivity contribution in [3.63, 3.8) is 0 Å². The van der Waals surface area contributed by atoms with Crippen LogP contribution in [0.1, 0.15) is 12.0 Å². The van der Waals surface area contributed by atoms with E-state index >= 15 is 0 Å². The summed E-state index contributed by atoms with van der Waals surface area (Å²) in [6.07, 6.45) is 0.273. The van der Waals surface area contributed by atoms with E-state index in [0.29, 0.717) is 25.4 Å². The van der Waals surface area contributed by atoms with Crippen molar-refractivity contribution in [2.24, 2.45) is 0 Å². The summed E-state index contributed by atoms with van der Waals surface area (Å²) >= 11 is 1.54. The smallest absolute Gasteiger partial charge is 0.237 e. The van der Waals surface area contributed by atoms with Crippen molar-refractivity contribution in [2.75, 3.05) is 30.3 Å². The molecule has 1 aliphatic heterocycles. The maximum absolute atomic E-state index is 12.2. The Balaban J connectivity index is 1.42. The lowest BCUT2D eigenvalue weighted by Crippen LogP contribution is -2.39. The molecule has 1 N–H and O–H groups in total. The zero-order valence-corrected chi connectivity index (χ0v) is 15.6. The molecular formula is C20H22N2O3S. The van der Waals surface area contributed by atoms with Crippen LogP contribution in [0.4, 0.5) is 5.69 Å². The van der Waals surface area contributed by atoms with Crippen LogP contribution in [-0.4, -0.2) is 37.3 Å². The van der Waals surface area contributed by atoms with E-state index in [1.54, 1.807) is 16.7 Å². The van der Waals surface area contributed by atoms with Crippen molar-refractivity contribution in [2.45, 2.75) is 18.2 Å². The predicted octanol–water partition coefficient (Wildman–Crippen LogP) is 3.02. The van der Waals surface area contributed by atoms with Gasteiger partial charge in [-0.2, -0.15) is 0 Å². The van der Waals surface area contributed by atoms with E-state index in [9.17, 15) is 9.59 Å². The maximum Gasteiger partial charge on any atom is 0.237 e. The fourth-order valence-electron chi connectivity index (χ4n) is 2.77. The van der Waals surface area contributed by atoms with Crippen LogP contribution in [0, 0.1) is 6.92 Å². The van der Waals surface area contributed by atoms with E-state index in [4.69, 9.17) is 4.74 Å². The van der Waals surface area contributed by atoms with Gasteiger partial charge in [0.05, 0.1) is 18.0 Å². The number of benzene rings is 2. The van der Waals surface area contributed by atoms with Gasteiger partial charge in [0.1, 0.15) is 12.4 Å². The number of carbonyl (C=O) groups is 2. The van der Waals surface area contributed by atoms with Gasteiger partial charge in [0.25, 0.3) is 0 Å². The number of para-hydroxylation sites is 1. The number of rotatable bonds is 7. The lowest BCUT2D eigenvalue weighted by Gasteiger charge is -2.28. The molecule has 26 heavy (non-hydrogen) atoms. The number of hydrogen-bond acceptors (Lipinski definition) is 4. The molecule has 1 heterocycles. The zero-order chi connectivity index (χ0) is 18.4. The summed E-state index contributed by atoms with van der Waals surface area (Å²) in [5, 5.41) is 2.84. The molecule has 2 aromatic carbocycles. The number of aryl methyl sites for hydroxylation is 1. The first kappa shape index (κ1) is 18.3. The summed E-state index contributed by atoms with van der Waals surface area (Å²) in [6, 6.07) is 15.6. The second-order valence-corrected chi connectivity index (χ2v) is 7.08. The number of anilines is 1. The third-order valence-electron chi connectivity index (χ3n) is 4.05. The van der Waals surface area contributed by atoms with E-state index in [1.165, 1.54) is 0 Å². The van der Waals surface area contributed by atoms with Gasteiger partial charge in [-0.05, 0) is 36.8 Å². The summed E-state index contributed by atoms with van der Waals surface area (Å²) in [5.74, 6) is 1.18. The van der Waals surface area contributed by atoms with Gasteiger partial charge in [0, 0.05) is 17.9 Å². The summed E-state index contributed by atoms with van der Waals surface area (Å²) in [7, 11) is 0. The highest BCUT2D eigenvalue weighted by molar-refractivity contribution is 8.00. The van der Waals surface area contributed by atoms with Crippen LogP contribution in [-0.2, 0) is 9.59 Å². The predicted molar refractivity (Wildman–Crippen MR) is 104 cm³/mol. The van der Waals surface area contributed by atoms with Gasteiger partial charge in [0.2, 0.25) is 11.8 Å². The lowest BCUT2D eigenvalue weighted by atomic mass is 10.2. The Morgan fingerprint density at radius 1 is 1.23 bits per heavy atom. The van der Waals surface area contributed by atoms with E-state index < -0.39 is 0 Å². The molecule has 2 aromatic rings. The average Bonchev–Trinajstić information content (AvgIpc) is 2.64. The number of carbonyl (C=O) groups excluding carboxylic acids is 2. The minimum absolute atomic E-state index is 0.0456. The molecule has 2 amide bonds. The SMILES string of the molecule is Cc1cccc(OCCNC(=O)CCN2C(=O)CSc3ccccc32)c1. The van der Waals surface area contributed by atoms with Gasteiger partial charge in [-0.1, -0.05) is 24.3 Å². The Kier molecular flexibility index (Phi) is 6.17. The van der Waals surface area contributed by atoms with Crippen molar-refractivity contribution >= 4 is 29.3 Å². The molecule has 0 fully saturated rings. The van der Waals surface area contributed by atoms with E-state index in [-0.39, 0.29) is 18.2 Å². The molecule has 0 saturated carbocycles. The van der Waals surface area contributed by atoms with Crippen LogP contribution < -0.4 is 15.0 Å². The van der Waals surface area contributed by atoms with Gasteiger partial charge in [-0.3, -0.25) is 9.59 Å². The van der Waals surface area contributed by atoms with Crippen molar-refractivity contribution < 1.29 is 14.3 Å². The molecule has 3 rings (SSSR count). The Hall–Kier alpha value is -2.47. The molecule has 0 spiro atoms. The number of nitrogens with one attached hydrogen (secondary N) is 1. The molecule has 1 aliphatic rings. The molecule has 0 aliphatic carbocycles. The van der Waals surface area contributed by atoms with Crippen LogP contribution >= 0.6 is 11.8 Å². The van der Waals surface area contributed by atoms with E-state index in [0.717, 1.165) is 21.9 Å². The standard InChI is InChI=1S/C20H22N2O3S/c1-15-5-4-6-16(13-15)25-12-10-21-19(23)9-11-22-17-7-2-3-8-18(17)26-14-20(22)24/h2-8,13H,9-12,14H2,1H3,(H,21,23). The number of amides is 2. The quantitative estimate of drug-likeness (QED) is 0.761. The van der Waals surface area contributed by atoms with Crippen LogP contribution in [0.3, 0.4) is 0 Å². The van der Waals surface area contributed by atoms with E-state index in [2.05, 4.69) is 5.32 Å². The lowest BCUT2D eigenvalue weighted by molar-refractivity contribution is -0.121. The average molecular weight is 370 g/mol. The largest absolute Gasteiger partial charge is 0.492 e. The monoisotopic (exact) mass is 370 g/mol. The van der Waals surface area contributed by atoms with Crippen LogP contribution in [0.2, 0.25) is 0 Å². The minimum Gasteiger partial charge on any atom is -0.492 e. The molecule has 136 valence electrons. The number of ether oxygens (including phenoxy) is 1. The number of nitrogens with zero attached hydrogens (tertiary/aromatic N) is 1. The molecule has 0 saturated heterocycles. The molecule has 0 unspecified atom stereocenters. The van der Waals surface area contributed by atoms with Gasteiger partial charge in [0.15, 0.2) is 0 Å². The van der Waals surface area contributed by atoms with Crippen molar-refractivity contribution in [3.05, 3.63) is 54.1 Å². The Morgan fingerprint density at radius 2 is 2.08 bits per heavy atom. The van der Waals surface area contributed by atoms with Crippen LogP contribution in [0.5, 0.6) is 5.75 Å². The zero-order valence-electron chi connectivity index (χ0n) is 14.7. The molecule has 0 bridgehead atoms. The number of hydrogen-bond donors (Lipinski definition) is 1. The Morgan fingerprint density at radius 3 is 2.92 bits per heavy atom. The highest BCUT2D eigenvalue weighted by atomic mass is 32.2. The second kappa shape index (κ2) is 8.76. The van der Waals surface area contributed by atoms with Crippen molar-refractivity contribution in [1.29, 1.82) is 0 Å². The summed E-state index contributed by atoms with van der Waals surface area (Å²) in [4.78, 5) is 27.0. The molecule has 6 heteroatoms. The fourth-order valence-corrected chi connectivity index (χ4v) is 3.70. The topological polar surface area (TPSA) is 58.6 Å². The minimum atomic E-state index is -0.0821. The highest BCUT2D eigenvalue weighted by Gasteiger charge is 2.24. The maximum atomic E-state index is 12.2. The molecule has 0 aromatic heterocycles. The Labute approximate surface area is 157 Å². The molecular weight excluding hydrogens is 348 g/mol. The summed E-state index contributed by atoms with van der Waals surface area (Å²) in [5.41, 5.74) is 2.03. The van der Waals surface area contributed by atoms with Gasteiger partial charge >= 0.3 is 0 Å². The molecule has 0 atom stereocenters. The van der Waals surface area contributed by atoms with Crippen LogP contribution in [0.25, 0.3) is 0 Å². The Bertz CT molecular complexity index is 794. The number of thioether (sulfide) groups is 1. The van der Waals surface area contributed by atoms with Gasteiger partial charge < -0.3 is 15.0 Å². The van der Waals surface area contributed by atoms with Crippen molar-refractivity contribution in [3.8, 4) is 5.75 Å². The number of fused-ring (bicyclic) bond motifs is 1. The van der Waals surface area contributed by atoms with Gasteiger partial charge in [-0.15, -0.1) is 11.8 Å². The van der Waals surface area contributed by atoms with Crippen molar-refractivity contribution in [1.82, 2.24) is 5.32 Å². The normalized spacial score (nSPS) is 13.3. The first-order chi connectivity index (χ1) is 12.6. The molecule has 0 radical (unpaired) electrons. The summed E-state index contributed by atoms with van der Waals surface area (Å²) in [6.45, 7) is 3.25.